The zero-order valence-corrected chi connectivity index (χ0v) is 18.2. The molecule has 0 fully saturated rings. The molecule has 0 N–H and O–H groups in total. The molecule has 0 saturated heterocycles. The van der Waals surface area contributed by atoms with E-state index in [4.69, 9.17) is 22.8 Å². The van der Waals surface area contributed by atoms with Crippen molar-refractivity contribution in [2.45, 2.75) is 38.2 Å². The number of aryl methyl sites for hydroxylation is 1. The van der Waals surface area contributed by atoms with E-state index in [9.17, 15) is 13.2 Å². The van der Waals surface area contributed by atoms with Crippen LogP contribution in [0, 0.1) is 18.2 Å². The first-order valence-corrected chi connectivity index (χ1v) is 10.4. The molecule has 0 aliphatic rings. The molecule has 0 heterocycles. The molecule has 2 nitrogen and oxygen atoms in total. The Bertz CT molecular complexity index is 1080. The number of terminal acetylenes is 1. The molecule has 3 aromatic carbocycles. The van der Waals surface area contributed by atoms with Crippen molar-refractivity contribution in [2.24, 2.45) is 0 Å². The minimum absolute atomic E-state index is 0.0858. The van der Waals surface area contributed by atoms with E-state index in [0.717, 1.165) is 17.5 Å². The summed E-state index contributed by atoms with van der Waals surface area (Å²) in [6.45, 7) is -0.945. The quantitative estimate of drug-likeness (QED) is 0.305. The normalized spacial score (nSPS) is 12.8. The third kappa shape index (κ3) is 6.21. The number of benzene rings is 3. The van der Waals surface area contributed by atoms with Crippen molar-refractivity contribution >= 4 is 11.6 Å². The van der Waals surface area contributed by atoms with Crippen LogP contribution in [0.4, 0.5) is 13.2 Å². The average Bonchev–Trinajstić information content (AvgIpc) is 2.77. The number of ether oxygens (including phenoxy) is 2. The molecule has 1 unspecified atom stereocenters. The van der Waals surface area contributed by atoms with Crippen molar-refractivity contribution in [3.8, 4) is 29.6 Å². The first-order valence-electron chi connectivity index (χ1n) is 10.0. The lowest BCUT2D eigenvalue weighted by molar-refractivity contribution is -0.0498. The summed E-state index contributed by atoms with van der Waals surface area (Å²) in [7, 11) is 0. The maximum absolute atomic E-state index is 14.2. The third-order valence-electron chi connectivity index (χ3n) is 5.21. The maximum atomic E-state index is 14.2. The fourth-order valence-corrected chi connectivity index (χ4v) is 3.49. The van der Waals surface area contributed by atoms with Gasteiger partial charge in [-0.25, -0.2) is 4.39 Å². The number of halogens is 4. The summed E-state index contributed by atoms with van der Waals surface area (Å²) >= 11 is 5.87. The summed E-state index contributed by atoms with van der Waals surface area (Å²) in [4.78, 5) is 0. The molecular weight excluding hydrogens is 437 g/mol. The summed E-state index contributed by atoms with van der Waals surface area (Å²) in [5.74, 6) is 3.07. The Kier molecular flexibility index (Phi) is 7.71. The van der Waals surface area contributed by atoms with Crippen LogP contribution in [-0.4, -0.2) is 6.61 Å². The van der Waals surface area contributed by atoms with E-state index in [1.165, 1.54) is 18.2 Å². The van der Waals surface area contributed by atoms with Crippen molar-refractivity contribution in [1.82, 2.24) is 0 Å². The van der Waals surface area contributed by atoms with Crippen LogP contribution in [0.3, 0.4) is 0 Å². The van der Waals surface area contributed by atoms with Gasteiger partial charge in [0.1, 0.15) is 11.5 Å². The van der Waals surface area contributed by atoms with Crippen molar-refractivity contribution in [2.75, 3.05) is 0 Å². The summed E-state index contributed by atoms with van der Waals surface area (Å²) in [5.41, 5.74) is 1.18. The molecule has 0 aromatic heterocycles. The molecule has 0 aliphatic heterocycles. The molecule has 3 aromatic rings. The number of hydrogen-bond donors (Lipinski definition) is 0. The molecule has 3 rings (SSSR count). The van der Waals surface area contributed by atoms with Gasteiger partial charge in [-0.3, -0.25) is 0 Å². The largest absolute Gasteiger partial charge is 0.454 e. The van der Waals surface area contributed by atoms with Gasteiger partial charge in [0.05, 0.1) is 5.41 Å². The Morgan fingerprint density at radius 2 is 1.66 bits per heavy atom. The highest BCUT2D eigenvalue weighted by atomic mass is 35.5. The Morgan fingerprint density at radius 1 is 1.00 bits per heavy atom. The van der Waals surface area contributed by atoms with Crippen molar-refractivity contribution in [3.63, 3.8) is 0 Å². The van der Waals surface area contributed by atoms with E-state index < -0.39 is 17.8 Å². The molecule has 0 aliphatic carbocycles. The summed E-state index contributed by atoms with van der Waals surface area (Å²) < 4.78 is 48.9. The Morgan fingerprint density at radius 3 is 2.28 bits per heavy atom. The van der Waals surface area contributed by atoms with E-state index in [-0.39, 0.29) is 11.5 Å². The molecule has 0 spiro atoms. The highest BCUT2D eigenvalue weighted by Gasteiger charge is 2.24. The minimum Gasteiger partial charge on any atom is -0.454 e. The average molecular weight is 459 g/mol. The molecule has 0 radical (unpaired) electrons. The molecule has 0 bridgehead atoms. The zero-order chi connectivity index (χ0) is 23.1. The van der Waals surface area contributed by atoms with Crippen LogP contribution in [0.5, 0.6) is 17.2 Å². The molecule has 6 heteroatoms. The highest BCUT2D eigenvalue weighted by Crippen LogP contribution is 2.32. The van der Waals surface area contributed by atoms with Gasteiger partial charge in [0, 0.05) is 5.02 Å². The van der Waals surface area contributed by atoms with Gasteiger partial charge >= 0.3 is 6.61 Å². The summed E-state index contributed by atoms with van der Waals surface area (Å²) in [6.07, 6.45) is 7.86. The van der Waals surface area contributed by atoms with Gasteiger partial charge in [0.15, 0.2) is 11.6 Å². The van der Waals surface area contributed by atoms with Gasteiger partial charge in [-0.15, -0.1) is 6.42 Å². The van der Waals surface area contributed by atoms with Crippen LogP contribution in [0.2, 0.25) is 5.02 Å². The minimum atomic E-state index is -2.87. The molecule has 1 atom stereocenters. The predicted molar refractivity (Wildman–Crippen MR) is 120 cm³/mol. The lowest BCUT2D eigenvalue weighted by atomic mass is 9.78. The third-order valence-corrected chi connectivity index (χ3v) is 5.47. The second-order valence-electron chi connectivity index (χ2n) is 7.55. The smallest absolute Gasteiger partial charge is 0.387 e. The van der Waals surface area contributed by atoms with E-state index in [1.54, 1.807) is 48.5 Å². The van der Waals surface area contributed by atoms with Crippen LogP contribution in [0.25, 0.3) is 0 Å². The first-order chi connectivity index (χ1) is 15.3. The Balaban J connectivity index is 1.64. The molecule has 166 valence electrons. The van der Waals surface area contributed by atoms with Crippen LogP contribution in [0.1, 0.15) is 30.9 Å². The van der Waals surface area contributed by atoms with Gasteiger partial charge in [-0.1, -0.05) is 35.7 Å². The van der Waals surface area contributed by atoms with Gasteiger partial charge in [0.2, 0.25) is 0 Å². The van der Waals surface area contributed by atoms with E-state index >= 15 is 0 Å². The molecule has 0 amide bonds. The highest BCUT2D eigenvalue weighted by molar-refractivity contribution is 6.30. The molecule has 32 heavy (non-hydrogen) atoms. The van der Waals surface area contributed by atoms with Crippen LogP contribution in [-0.2, 0) is 11.8 Å². The number of rotatable bonds is 9. The standard InChI is InChI=1S/C26H22ClF3O2/c1-3-26(2,19-7-11-22(12-8-19)32-25(29)30)16-4-5-18-6-15-23(28)24(17-18)31-21-13-9-20(27)10-14-21/h1,6-15,17,25H,4-5,16H2,2H3. The lowest BCUT2D eigenvalue weighted by Crippen LogP contribution is -2.19. The van der Waals surface area contributed by atoms with E-state index in [1.807, 2.05) is 6.92 Å². The second kappa shape index (κ2) is 10.5. The van der Waals surface area contributed by atoms with E-state index in [2.05, 4.69) is 10.7 Å². The van der Waals surface area contributed by atoms with Crippen LogP contribution in [0.15, 0.2) is 66.7 Å². The zero-order valence-electron chi connectivity index (χ0n) is 17.5. The van der Waals surface area contributed by atoms with Crippen molar-refractivity contribution < 1.29 is 22.6 Å². The number of alkyl halides is 2. The van der Waals surface area contributed by atoms with Gasteiger partial charge in [0.25, 0.3) is 0 Å². The Hall–Kier alpha value is -3.10. The lowest BCUT2D eigenvalue weighted by Gasteiger charge is -2.24. The number of hydrogen-bond acceptors (Lipinski definition) is 2. The topological polar surface area (TPSA) is 18.5 Å². The second-order valence-corrected chi connectivity index (χ2v) is 7.99. The molecular formula is C26H22ClF3O2. The van der Waals surface area contributed by atoms with Crippen molar-refractivity contribution in [3.05, 3.63) is 88.7 Å². The van der Waals surface area contributed by atoms with Gasteiger partial charge < -0.3 is 9.47 Å². The predicted octanol–water partition coefficient (Wildman–Crippen LogP) is 7.79. The van der Waals surface area contributed by atoms with Crippen LogP contribution >= 0.6 is 11.6 Å². The monoisotopic (exact) mass is 458 g/mol. The molecule has 0 saturated carbocycles. The fourth-order valence-electron chi connectivity index (χ4n) is 3.36. The summed E-state index contributed by atoms with van der Waals surface area (Å²) in [5, 5.41) is 0.569. The van der Waals surface area contributed by atoms with Gasteiger partial charge in [-0.05, 0) is 85.8 Å². The summed E-state index contributed by atoms with van der Waals surface area (Å²) in [6, 6.07) is 17.8. The fraction of sp³-hybridized carbons (Fsp3) is 0.231. The van der Waals surface area contributed by atoms with Crippen molar-refractivity contribution in [1.29, 1.82) is 0 Å². The van der Waals surface area contributed by atoms with Crippen LogP contribution < -0.4 is 9.47 Å². The SMILES string of the molecule is C#CC(C)(CCCc1ccc(F)c(Oc2ccc(Cl)cc2)c1)c1ccc(OC(F)F)cc1. The maximum Gasteiger partial charge on any atom is 0.387 e. The van der Waals surface area contributed by atoms with E-state index in [0.29, 0.717) is 23.6 Å². The van der Waals surface area contributed by atoms with Gasteiger partial charge in [-0.2, -0.15) is 8.78 Å². The Labute approximate surface area is 190 Å². The first kappa shape index (κ1) is 23.6.